The minimum atomic E-state index is -0.335. The van der Waals surface area contributed by atoms with Gasteiger partial charge in [0.15, 0.2) is 6.29 Å². The van der Waals surface area contributed by atoms with Crippen LogP contribution in [0.15, 0.2) is 30.3 Å². The first-order valence-electron chi connectivity index (χ1n) is 6.89. The lowest BCUT2D eigenvalue weighted by Crippen LogP contribution is -2.27. The molecule has 0 aliphatic carbocycles. The Morgan fingerprint density at radius 1 is 1.20 bits per heavy atom. The third kappa shape index (κ3) is 2.85. The summed E-state index contributed by atoms with van der Waals surface area (Å²) in [5.74, 6) is -0.319. The highest BCUT2D eigenvalue weighted by Crippen LogP contribution is 2.28. The molecule has 0 amide bonds. The summed E-state index contributed by atoms with van der Waals surface area (Å²) in [7, 11) is 0. The Hall–Kier alpha value is -1.43. The number of rotatable bonds is 3. The summed E-state index contributed by atoms with van der Waals surface area (Å²) >= 11 is 0. The van der Waals surface area contributed by atoms with Crippen molar-refractivity contribution in [1.82, 2.24) is 0 Å². The molecular formula is C15H18O5. The van der Waals surface area contributed by atoms with E-state index in [1.807, 2.05) is 25.1 Å². The van der Waals surface area contributed by atoms with Gasteiger partial charge in [0.2, 0.25) is 0 Å². The highest BCUT2D eigenvalue weighted by molar-refractivity contribution is 5.89. The predicted octanol–water partition coefficient (Wildman–Crippen LogP) is 1.76. The maximum absolute atomic E-state index is 12.0. The molecule has 0 N–H and O–H groups in total. The predicted molar refractivity (Wildman–Crippen MR) is 70.3 cm³/mol. The first-order chi connectivity index (χ1) is 9.74. The third-order valence-corrected chi connectivity index (χ3v) is 3.60. The summed E-state index contributed by atoms with van der Waals surface area (Å²) in [5.41, 5.74) is 0.552. The Bertz CT molecular complexity index is 455. The average Bonchev–Trinajstić information content (AvgIpc) is 3.10. The first kappa shape index (κ1) is 13.5. The molecule has 108 valence electrons. The van der Waals surface area contributed by atoms with Crippen LogP contribution in [0.1, 0.15) is 23.7 Å². The summed E-state index contributed by atoms with van der Waals surface area (Å²) in [6, 6.07) is 8.97. The fourth-order valence-electron chi connectivity index (χ4n) is 2.53. The zero-order valence-corrected chi connectivity index (χ0v) is 11.4. The van der Waals surface area contributed by atoms with E-state index in [0.29, 0.717) is 25.2 Å². The van der Waals surface area contributed by atoms with Gasteiger partial charge in [-0.2, -0.15) is 0 Å². The van der Waals surface area contributed by atoms with Crippen molar-refractivity contribution in [2.24, 2.45) is 0 Å². The lowest BCUT2D eigenvalue weighted by molar-refractivity contribution is -0.136. The summed E-state index contributed by atoms with van der Waals surface area (Å²) in [4.78, 5) is 12.0. The molecule has 0 radical (unpaired) electrons. The minimum Gasteiger partial charge on any atom is -0.456 e. The van der Waals surface area contributed by atoms with Crippen LogP contribution in [0.5, 0.6) is 0 Å². The van der Waals surface area contributed by atoms with Crippen molar-refractivity contribution in [1.29, 1.82) is 0 Å². The summed E-state index contributed by atoms with van der Waals surface area (Å²) in [6.45, 7) is 3.08. The van der Waals surface area contributed by atoms with Gasteiger partial charge in [0.1, 0.15) is 12.2 Å². The van der Waals surface area contributed by atoms with E-state index in [0.717, 1.165) is 0 Å². The van der Waals surface area contributed by atoms with Crippen molar-refractivity contribution >= 4 is 5.97 Å². The molecule has 2 heterocycles. The number of benzene rings is 1. The lowest BCUT2D eigenvalue weighted by atomic mass is 10.1. The number of hydrogen-bond acceptors (Lipinski definition) is 5. The van der Waals surface area contributed by atoms with Crippen molar-refractivity contribution < 1.29 is 23.7 Å². The summed E-state index contributed by atoms with van der Waals surface area (Å²) in [6.07, 6.45) is -0.315. The van der Waals surface area contributed by atoms with Gasteiger partial charge < -0.3 is 18.9 Å². The first-order valence-corrected chi connectivity index (χ1v) is 6.89. The largest absolute Gasteiger partial charge is 0.456 e. The molecule has 2 saturated heterocycles. The second-order valence-corrected chi connectivity index (χ2v) is 5.04. The number of hydrogen-bond donors (Lipinski definition) is 0. The van der Waals surface area contributed by atoms with Crippen molar-refractivity contribution in [2.45, 2.75) is 37.9 Å². The molecule has 3 rings (SSSR count). The van der Waals surface area contributed by atoms with Gasteiger partial charge in [0.25, 0.3) is 0 Å². The van der Waals surface area contributed by atoms with E-state index >= 15 is 0 Å². The maximum atomic E-state index is 12.0. The highest BCUT2D eigenvalue weighted by Gasteiger charge is 2.41. The van der Waals surface area contributed by atoms with Gasteiger partial charge in [-0.15, -0.1) is 0 Å². The quantitative estimate of drug-likeness (QED) is 0.789. The fourth-order valence-corrected chi connectivity index (χ4v) is 2.53. The molecule has 0 unspecified atom stereocenters. The number of carbonyl (C=O) groups is 1. The molecule has 1 aromatic carbocycles. The Labute approximate surface area is 117 Å². The van der Waals surface area contributed by atoms with Gasteiger partial charge in [0.05, 0.1) is 24.9 Å². The van der Waals surface area contributed by atoms with Gasteiger partial charge in [-0.3, -0.25) is 0 Å². The highest BCUT2D eigenvalue weighted by atomic mass is 16.7. The van der Waals surface area contributed by atoms with Gasteiger partial charge in [-0.1, -0.05) is 18.2 Å². The van der Waals surface area contributed by atoms with Crippen LogP contribution < -0.4 is 0 Å². The topological polar surface area (TPSA) is 54.0 Å². The molecule has 5 nitrogen and oxygen atoms in total. The maximum Gasteiger partial charge on any atom is 0.338 e. The molecular weight excluding hydrogens is 260 g/mol. The van der Waals surface area contributed by atoms with Crippen LogP contribution in [-0.4, -0.2) is 43.8 Å². The molecule has 1 aromatic rings. The second kappa shape index (κ2) is 5.91. The van der Waals surface area contributed by atoms with E-state index in [-0.39, 0.29) is 30.6 Å². The van der Waals surface area contributed by atoms with Gasteiger partial charge in [0, 0.05) is 6.42 Å². The van der Waals surface area contributed by atoms with E-state index < -0.39 is 0 Å². The standard InChI is InChI=1S/C15H18O5/c1-10-12(9-13(19-10)15-17-7-8-18-15)20-14(16)11-5-3-2-4-6-11/h2-6,10,12-13,15H,7-9H2,1H3/t10-,12+,13+/m0/s1. The Morgan fingerprint density at radius 2 is 1.90 bits per heavy atom. The SMILES string of the molecule is C[C@@H]1O[C@@H](C2OCCO2)C[C@H]1OC(=O)c1ccccc1. The zero-order valence-electron chi connectivity index (χ0n) is 11.4. The Balaban J connectivity index is 1.59. The second-order valence-electron chi connectivity index (χ2n) is 5.04. The molecule has 2 aliphatic heterocycles. The number of esters is 1. The molecule has 2 fully saturated rings. The summed E-state index contributed by atoms with van der Waals surface area (Å²) < 4.78 is 22.2. The molecule has 2 aliphatic rings. The van der Waals surface area contributed by atoms with E-state index in [2.05, 4.69) is 0 Å². The van der Waals surface area contributed by atoms with Crippen molar-refractivity contribution in [3.05, 3.63) is 35.9 Å². The van der Waals surface area contributed by atoms with Crippen LogP contribution in [0.4, 0.5) is 0 Å². The molecule has 3 atom stereocenters. The molecule has 0 aromatic heterocycles. The monoisotopic (exact) mass is 278 g/mol. The van der Waals surface area contributed by atoms with Gasteiger partial charge in [-0.25, -0.2) is 4.79 Å². The van der Waals surface area contributed by atoms with E-state index in [9.17, 15) is 4.79 Å². The van der Waals surface area contributed by atoms with Crippen molar-refractivity contribution in [3.8, 4) is 0 Å². The molecule has 20 heavy (non-hydrogen) atoms. The normalized spacial score (nSPS) is 30.6. The summed E-state index contributed by atoms with van der Waals surface area (Å²) in [5, 5.41) is 0. The van der Waals surface area contributed by atoms with Crippen LogP contribution in [-0.2, 0) is 18.9 Å². The molecule has 0 spiro atoms. The van der Waals surface area contributed by atoms with Gasteiger partial charge in [-0.05, 0) is 19.1 Å². The van der Waals surface area contributed by atoms with E-state index in [1.54, 1.807) is 12.1 Å². The van der Waals surface area contributed by atoms with Gasteiger partial charge >= 0.3 is 5.97 Å². The van der Waals surface area contributed by atoms with Crippen LogP contribution in [0.25, 0.3) is 0 Å². The van der Waals surface area contributed by atoms with Crippen LogP contribution >= 0.6 is 0 Å². The van der Waals surface area contributed by atoms with Crippen LogP contribution in [0, 0.1) is 0 Å². The number of ether oxygens (including phenoxy) is 4. The zero-order chi connectivity index (χ0) is 13.9. The lowest BCUT2D eigenvalue weighted by Gasteiger charge is -2.16. The Morgan fingerprint density at radius 3 is 2.60 bits per heavy atom. The Kier molecular flexibility index (Phi) is 4.00. The van der Waals surface area contributed by atoms with Crippen LogP contribution in [0.3, 0.4) is 0 Å². The number of carbonyl (C=O) groups excluding carboxylic acids is 1. The van der Waals surface area contributed by atoms with E-state index in [1.165, 1.54) is 0 Å². The molecule has 5 heteroatoms. The van der Waals surface area contributed by atoms with Crippen molar-refractivity contribution in [2.75, 3.05) is 13.2 Å². The smallest absolute Gasteiger partial charge is 0.338 e. The van der Waals surface area contributed by atoms with Crippen molar-refractivity contribution in [3.63, 3.8) is 0 Å². The fraction of sp³-hybridized carbons (Fsp3) is 0.533. The van der Waals surface area contributed by atoms with E-state index in [4.69, 9.17) is 18.9 Å². The molecule has 0 saturated carbocycles. The molecule has 0 bridgehead atoms. The third-order valence-electron chi connectivity index (χ3n) is 3.60. The minimum absolute atomic E-state index is 0.152. The van der Waals surface area contributed by atoms with Crippen LogP contribution in [0.2, 0.25) is 0 Å². The average molecular weight is 278 g/mol.